The van der Waals surface area contributed by atoms with Crippen LogP contribution in [-0.4, -0.2) is 35.5 Å². The number of nitrogens with one attached hydrogen (secondary N) is 1. The smallest absolute Gasteiger partial charge is 0.264 e. The third-order valence-corrected chi connectivity index (χ3v) is 4.16. The summed E-state index contributed by atoms with van der Waals surface area (Å²) >= 11 is 0. The lowest BCUT2D eigenvalue weighted by molar-refractivity contribution is -0.132. The van der Waals surface area contributed by atoms with Crippen LogP contribution < -0.4 is 5.32 Å². The highest BCUT2D eigenvalue weighted by atomic mass is 19.1. The summed E-state index contributed by atoms with van der Waals surface area (Å²) in [7, 11) is 0. The van der Waals surface area contributed by atoms with E-state index in [-0.39, 0.29) is 36.3 Å². The summed E-state index contributed by atoms with van der Waals surface area (Å²) in [6.07, 6.45) is 1.80. The number of hydrogen-bond donors (Lipinski definition) is 2. The molecule has 1 aromatic rings. The molecule has 1 aliphatic carbocycles. The maximum absolute atomic E-state index is 13.7. The maximum atomic E-state index is 13.7. The molecule has 1 heterocycles. The average Bonchev–Trinajstić information content (AvgIpc) is 3.26. The highest BCUT2D eigenvalue weighted by Gasteiger charge is 2.36. The minimum atomic E-state index is -0.854. The van der Waals surface area contributed by atoms with Gasteiger partial charge in [0, 0.05) is 24.6 Å². The molecule has 0 spiro atoms. The minimum Gasteiger partial charge on any atom is -0.396 e. The van der Waals surface area contributed by atoms with Crippen molar-refractivity contribution in [3.05, 3.63) is 35.4 Å². The Kier molecular flexibility index (Phi) is 4.56. The molecule has 1 fully saturated rings. The molecule has 124 valence electrons. The predicted octanol–water partition coefficient (Wildman–Crippen LogP) is 1.73. The Morgan fingerprint density at radius 1 is 1.43 bits per heavy atom. The Hall–Kier alpha value is -2.02. The molecule has 2 atom stereocenters. The van der Waals surface area contributed by atoms with Crippen molar-refractivity contribution in [3.8, 4) is 0 Å². The van der Waals surface area contributed by atoms with Gasteiger partial charge in [-0.1, -0.05) is 5.16 Å². The van der Waals surface area contributed by atoms with Crippen molar-refractivity contribution >= 4 is 11.6 Å². The first kappa shape index (κ1) is 15.9. The lowest BCUT2D eigenvalue weighted by Crippen LogP contribution is -2.43. The molecule has 0 bridgehead atoms. The largest absolute Gasteiger partial charge is 0.396 e. The van der Waals surface area contributed by atoms with Crippen LogP contribution in [0.15, 0.2) is 23.4 Å². The quantitative estimate of drug-likeness (QED) is 0.837. The van der Waals surface area contributed by atoms with E-state index < -0.39 is 17.7 Å². The summed E-state index contributed by atoms with van der Waals surface area (Å²) in [4.78, 5) is 17.3. The molecule has 0 radical (unpaired) electrons. The number of aliphatic hydroxyl groups excluding tert-OH is 1. The topological polar surface area (TPSA) is 70.9 Å². The summed E-state index contributed by atoms with van der Waals surface area (Å²) in [6.45, 7) is 0.00320. The Bertz CT molecular complexity index is 632. The van der Waals surface area contributed by atoms with E-state index in [1.54, 1.807) is 0 Å². The first-order chi connectivity index (χ1) is 11.1. The SMILES string of the molecule is O=C(NC(CCO)C1CC1)C1CC(c2cc(F)ccc2F)=NO1. The second-order valence-electron chi connectivity index (χ2n) is 5.93. The summed E-state index contributed by atoms with van der Waals surface area (Å²) in [5, 5.41) is 15.6. The number of halogens is 2. The molecule has 1 aromatic carbocycles. The van der Waals surface area contributed by atoms with Crippen molar-refractivity contribution in [2.24, 2.45) is 11.1 Å². The van der Waals surface area contributed by atoms with E-state index in [9.17, 15) is 13.6 Å². The minimum absolute atomic E-state index is 0.00320. The molecule has 0 aromatic heterocycles. The number of carbonyl (C=O) groups excluding carboxylic acids is 1. The Morgan fingerprint density at radius 2 is 2.22 bits per heavy atom. The van der Waals surface area contributed by atoms with E-state index >= 15 is 0 Å². The molecule has 2 aliphatic rings. The van der Waals surface area contributed by atoms with Gasteiger partial charge in [-0.3, -0.25) is 4.79 Å². The van der Waals surface area contributed by atoms with Crippen LogP contribution in [-0.2, 0) is 9.63 Å². The van der Waals surface area contributed by atoms with Gasteiger partial charge in [0.25, 0.3) is 5.91 Å². The zero-order valence-electron chi connectivity index (χ0n) is 12.5. The Morgan fingerprint density at radius 3 is 2.91 bits per heavy atom. The van der Waals surface area contributed by atoms with Gasteiger partial charge in [0.2, 0.25) is 6.10 Å². The highest BCUT2D eigenvalue weighted by Crippen LogP contribution is 2.34. The van der Waals surface area contributed by atoms with E-state index in [1.165, 1.54) is 0 Å². The first-order valence-corrected chi connectivity index (χ1v) is 7.68. The third kappa shape index (κ3) is 3.67. The van der Waals surface area contributed by atoms with Crippen LogP contribution in [0.1, 0.15) is 31.2 Å². The van der Waals surface area contributed by atoms with Crippen molar-refractivity contribution in [1.29, 1.82) is 0 Å². The van der Waals surface area contributed by atoms with E-state index in [2.05, 4.69) is 10.5 Å². The van der Waals surface area contributed by atoms with Gasteiger partial charge in [0.15, 0.2) is 0 Å². The number of aliphatic hydroxyl groups is 1. The van der Waals surface area contributed by atoms with Gasteiger partial charge in [0.05, 0.1) is 5.71 Å². The number of rotatable bonds is 6. The molecular formula is C16H18F2N2O3. The van der Waals surface area contributed by atoms with E-state index in [0.29, 0.717) is 12.3 Å². The second-order valence-corrected chi connectivity index (χ2v) is 5.93. The van der Waals surface area contributed by atoms with Crippen LogP contribution in [0.4, 0.5) is 8.78 Å². The van der Waals surface area contributed by atoms with Crippen molar-refractivity contribution in [1.82, 2.24) is 5.32 Å². The molecule has 1 amide bonds. The van der Waals surface area contributed by atoms with Crippen LogP contribution in [0.2, 0.25) is 0 Å². The molecule has 3 rings (SSSR count). The Labute approximate surface area is 132 Å². The van der Waals surface area contributed by atoms with Gasteiger partial charge < -0.3 is 15.3 Å². The van der Waals surface area contributed by atoms with Crippen molar-refractivity contribution in [3.63, 3.8) is 0 Å². The van der Waals surface area contributed by atoms with Gasteiger partial charge in [-0.25, -0.2) is 8.78 Å². The summed E-state index contributed by atoms with van der Waals surface area (Å²) in [6, 6.07) is 3.00. The Balaban J connectivity index is 1.62. The number of nitrogens with zero attached hydrogens (tertiary/aromatic N) is 1. The fraction of sp³-hybridized carbons (Fsp3) is 0.500. The van der Waals surface area contributed by atoms with Crippen LogP contribution in [0.5, 0.6) is 0 Å². The fourth-order valence-corrected chi connectivity index (χ4v) is 2.73. The standard InChI is InChI=1S/C16H18F2N2O3/c17-10-3-4-12(18)11(7-10)14-8-15(23-20-14)16(22)19-13(5-6-21)9-1-2-9/h3-4,7,9,13,15,21H,1-2,5-6,8H2,(H,19,22). The molecule has 1 saturated carbocycles. The third-order valence-electron chi connectivity index (χ3n) is 4.16. The highest BCUT2D eigenvalue weighted by molar-refractivity contribution is 6.04. The number of amides is 1. The van der Waals surface area contributed by atoms with Crippen molar-refractivity contribution in [2.45, 2.75) is 37.8 Å². The zero-order valence-corrected chi connectivity index (χ0v) is 12.5. The molecule has 1 aliphatic heterocycles. The van der Waals surface area contributed by atoms with E-state index in [0.717, 1.165) is 31.0 Å². The monoisotopic (exact) mass is 324 g/mol. The maximum Gasteiger partial charge on any atom is 0.264 e. The lowest BCUT2D eigenvalue weighted by Gasteiger charge is -2.18. The lowest BCUT2D eigenvalue weighted by atomic mass is 10.0. The molecule has 0 saturated heterocycles. The molecule has 5 nitrogen and oxygen atoms in total. The summed E-state index contributed by atoms with van der Waals surface area (Å²) < 4.78 is 27.0. The van der Waals surface area contributed by atoms with Crippen LogP contribution in [0.3, 0.4) is 0 Å². The van der Waals surface area contributed by atoms with E-state index in [4.69, 9.17) is 9.94 Å². The van der Waals surface area contributed by atoms with Crippen LogP contribution in [0, 0.1) is 17.6 Å². The van der Waals surface area contributed by atoms with Crippen LogP contribution >= 0.6 is 0 Å². The predicted molar refractivity (Wildman–Crippen MR) is 78.7 cm³/mol. The first-order valence-electron chi connectivity index (χ1n) is 7.68. The summed E-state index contributed by atoms with van der Waals surface area (Å²) in [5.41, 5.74) is 0.224. The van der Waals surface area contributed by atoms with Crippen LogP contribution in [0.25, 0.3) is 0 Å². The molecule has 7 heteroatoms. The fourth-order valence-electron chi connectivity index (χ4n) is 2.73. The number of oxime groups is 1. The molecule has 2 N–H and O–H groups in total. The van der Waals surface area contributed by atoms with Gasteiger partial charge in [-0.15, -0.1) is 0 Å². The molecule has 23 heavy (non-hydrogen) atoms. The number of carbonyl (C=O) groups is 1. The van der Waals surface area contributed by atoms with E-state index in [1.807, 2.05) is 0 Å². The summed E-state index contributed by atoms with van der Waals surface area (Å²) in [5.74, 6) is -1.13. The number of hydrogen-bond acceptors (Lipinski definition) is 4. The number of benzene rings is 1. The average molecular weight is 324 g/mol. The zero-order chi connectivity index (χ0) is 16.4. The van der Waals surface area contributed by atoms with Gasteiger partial charge in [-0.05, 0) is 43.4 Å². The van der Waals surface area contributed by atoms with Gasteiger partial charge in [-0.2, -0.15) is 0 Å². The van der Waals surface area contributed by atoms with Gasteiger partial charge in [0.1, 0.15) is 11.6 Å². The molecule has 2 unspecified atom stereocenters. The second kappa shape index (κ2) is 6.62. The van der Waals surface area contributed by atoms with Crippen molar-refractivity contribution < 1.29 is 23.5 Å². The van der Waals surface area contributed by atoms with Crippen molar-refractivity contribution in [2.75, 3.05) is 6.61 Å². The normalized spacial score (nSPS) is 21.5. The molecular weight excluding hydrogens is 306 g/mol. The van der Waals surface area contributed by atoms with Gasteiger partial charge >= 0.3 is 0 Å².